The summed E-state index contributed by atoms with van der Waals surface area (Å²) in [4.78, 5) is 16.4. The molecule has 3 aromatic carbocycles. The van der Waals surface area contributed by atoms with E-state index in [0.717, 1.165) is 45.5 Å². The summed E-state index contributed by atoms with van der Waals surface area (Å²) < 4.78 is 9.24. The molecule has 7 heteroatoms. The molecular formula is C27H24BrClN2O3. The zero-order chi connectivity index (χ0) is 23.7. The van der Waals surface area contributed by atoms with Crippen LogP contribution < -0.4 is 4.74 Å². The van der Waals surface area contributed by atoms with Crippen molar-refractivity contribution in [1.82, 2.24) is 9.55 Å². The van der Waals surface area contributed by atoms with Crippen molar-refractivity contribution in [3.63, 3.8) is 0 Å². The number of aromatic carboxylic acids is 1. The predicted octanol–water partition coefficient (Wildman–Crippen LogP) is 7.90. The van der Waals surface area contributed by atoms with Gasteiger partial charge in [-0.25, -0.2) is 9.78 Å². The number of carboxylic acids is 1. The van der Waals surface area contributed by atoms with Crippen molar-refractivity contribution < 1.29 is 14.6 Å². The number of hydrogen-bond donors (Lipinski definition) is 1. The van der Waals surface area contributed by atoms with E-state index in [1.807, 2.05) is 48.5 Å². The third kappa shape index (κ3) is 4.70. The van der Waals surface area contributed by atoms with Gasteiger partial charge in [0.2, 0.25) is 0 Å². The number of halogens is 2. The van der Waals surface area contributed by atoms with Crippen LogP contribution in [0.2, 0.25) is 5.02 Å². The van der Waals surface area contributed by atoms with E-state index in [2.05, 4.69) is 20.5 Å². The number of benzene rings is 3. The molecule has 174 valence electrons. The van der Waals surface area contributed by atoms with E-state index >= 15 is 0 Å². The Morgan fingerprint density at radius 3 is 2.56 bits per heavy atom. The van der Waals surface area contributed by atoms with E-state index in [4.69, 9.17) is 21.3 Å². The molecule has 34 heavy (non-hydrogen) atoms. The van der Waals surface area contributed by atoms with Gasteiger partial charge >= 0.3 is 5.97 Å². The maximum Gasteiger partial charge on any atom is 0.335 e. The number of nitrogens with zero attached hydrogens (tertiary/aromatic N) is 2. The molecule has 1 fully saturated rings. The zero-order valence-corrected chi connectivity index (χ0v) is 20.8. The molecule has 1 N–H and O–H groups in total. The summed E-state index contributed by atoms with van der Waals surface area (Å²) in [5.41, 5.74) is 3.91. The standard InChI is InChI=1S/C27H24BrClN2O3/c28-23-12-9-20(29)14-19(23)16-34-22-10-6-17(7-11-22)26-30-24-15-18(27(32)33)8-13-25(24)31(26)21-4-2-1-3-5-21/h6-15,21H,1-5,16H2,(H,32,33). The minimum Gasteiger partial charge on any atom is -0.489 e. The van der Waals surface area contributed by atoms with Crippen LogP contribution in [0.15, 0.2) is 65.1 Å². The van der Waals surface area contributed by atoms with E-state index in [0.29, 0.717) is 23.2 Å². The lowest BCUT2D eigenvalue weighted by Crippen LogP contribution is -2.14. The summed E-state index contributed by atoms with van der Waals surface area (Å²) >= 11 is 9.64. The first-order valence-electron chi connectivity index (χ1n) is 11.4. The molecule has 0 unspecified atom stereocenters. The Bertz CT molecular complexity index is 1340. The summed E-state index contributed by atoms with van der Waals surface area (Å²) in [5.74, 6) is 0.682. The van der Waals surface area contributed by atoms with Crippen LogP contribution in [-0.4, -0.2) is 20.6 Å². The molecule has 1 heterocycles. The minimum atomic E-state index is -0.941. The van der Waals surface area contributed by atoms with Gasteiger partial charge in [0.25, 0.3) is 0 Å². The number of aromatic nitrogens is 2. The summed E-state index contributed by atoms with van der Waals surface area (Å²) in [7, 11) is 0. The lowest BCUT2D eigenvalue weighted by atomic mass is 9.95. The molecule has 0 saturated heterocycles. The fourth-order valence-electron chi connectivity index (χ4n) is 4.66. The first kappa shape index (κ1) is 22.9. The summed E-state index contributed by atoms with van der Waals surface area (Å²) in [6, 6.07) is 19.1. The van der Waals surface area contributed by atoms with Crippen LogP contribution in [0.4, 0.5) is 0 Å². The van der Waals surface area contributed by atoms with Gasteiger partial charge in [0.05, 0.1) is 16.6 Å². The molecule has 0 amide bonds. The summed E-state index contributed by atoms with van der Waals surface area (Å²) in [6.07, 6.45) is 5.87. The summed E-state index contributed by atoms with van der Waals surface area (Å²) in [5, 5.41) is 10.1. The molecular weight excluding hydrogens is 516 g/mol. The van der Waals surface area contributed by atoms with E-state index in [9.17, 15) is 9.90 Å². The number of fused-ring (bicyclic) bond motifs is 1. The van der Waals surface area contributed by atoms with Crippen LogP contribution in [0, 0.1) is 0 Å². The molecule has 1 aliphatic rings. The molecule has 1 aliphatic carbocycles. The average Bonchev–Trinajstić information content (AvgIpc) is 3.24. The van der Waals surface area contributed by atoms with Crippen molar-refractivity contribution in [3.05, 3.63) is 81.3 Å². The first-order valence-corrected chi connectivity index (χ1v) is 12.6. The maximum atomic E-state index is 11.5. The fourth-order valence-corrected chi connectivity index (χ4v) is 5.22. The fraction of sp³-hybridized carbons (Fsp3) is 0.259. The Kier molecular flexibility index (Phi) is 6.61. The highest BCUT2D eigenvalue weighted by atomic mass is 79.9. The van der Waals surface area contributed by atoms with Gasteiger partial charge in [-0.15, -0.1) is 0 Å². The molecule has 0 aliphatic heterocycles. The van der Waals surface area contributed by atoms with Gasteiger partial charge < -0.3 is 14.4 Å². The molecule has 0 atom stereocenters. The van der Waals surface area contributed by atoms with Crippen LogP contribution in [0.5, 0.6) is 5.75 Å². The Labute approximate surface area is 211 Å². The lowest BCUT2D eigenvalue weighted by molar-refractivity contribution is 0.0697. The number of hydrogen-bond acceptors (Lipinski definition) is 3. The second-order valence-corrected chi connectivity index (χ2v) is 9.95. The molecule has 5 rings (SSSR count). The van der Waals surface area contributed by atoms with Crippen LogP contribution in [0.25, 0.3) is 22.4 Å². The number of rotatable bonds is 6. The van der Waals surface area contributed by atoms with Gasteiger partial charge in [-0.05, 0) is 73.5 Å². The van der Waals surface area contributed by atoms with Crippen molar-refractivity contribution in [1.29, 1.82) is 0 Å². The second kappa shape index (κ2) is 9.80. The Morgan fingerprint density at radius 2 is 1.82 bits per heavy atom. The van der Waals surface area contributed by atoms with Gasteiger partial charge in [-0.1, -0.05) is 46.8 Å². The molecule has 4 aromatic rings. The van der Waals surface area contributed by atoms with Crippen LogP contribution in [0.1, 0.15) is 54.1 Å². The molecule has 5 nitrogen and oxygen atoms in total. The zero-order valence-electron chi connectivity index (χ0n) is 18.5. The summed E-state index contributed by atoms with van der Waals surface area (Å²) in [6.45, 7) is 0.402. The monoisotopic (exact) mass is 538 g/mol. The van der Waals surface area contributed by atoms with Crippen LogP contribution in [-0.2, 0) is 6.61 Å². The van der Waals surface area contributed by atoms with Crippen molar-refractivity contribution >= 4 is 44.5 Å². The normalized spacial score (nSPS) is 14.4. The van der Waals surface area contributed by atoms with Crippen LogP contribution in [0.3, 0.4) is 0 Å². The average molecular weight is 540 g/mol. The van der Waals surface area contributed by atoms with E-state index in [1.165, 1.54) is 19.3 Å². The van der Waals surface area contributed by atoms with E-state index < -0.39 is 5.97 Å². The van der Waals surface area contributed by atoms with Crippen molar-refractivity contribution in [2.45, 2.75) is 44.8 Å². The van der Waals surface area contributed by atoms with Gasteiger partial charge in [-0.3, -0.25) is 0 Å². The van der Waals surface area contributed by atoms with Crippen LogP contribution >= 0.6 is 27.5 Å². The minimum absolute atomic E-state index is 0.253. The molecule has 0 bridgehead atoms. The third-order valence-electron chi connectivity index (χ3n) is 6.39. The SMILES string of the molecule is O=C(O)c1ccc2c(c1)nc(-c1ccc(OCc3cc(Cl)ccc3Br)cc1)n2C1CCCCC1. The Balaban J connectivity index is 1.46. The maximum absolute atomic E-state index is 11.5. The van der Waals surface area contributed by atoms with Crippen molar-refractivity contribution in [3.8, 4) is 17.1 Å². The number of carbonyl (C=O) groups is 1. The predicted molar refractivity (Wildman–Crippen MR) is 138 cm³/mol. The number of ether oxygens (including phenoxy) is 1. The smallest absolute Gasteiger partial charge is 0.335 e. The first-order chi connectivity index (χ1) is 16.5. The molecule has 0 radical (unpaired) electrons. The topological polar surface area (TPSA) is 64.3 Å². The Hall–Kier alpha value is -2.83. The highest BCUT2D eigenvalue weighted by Crippen LogP contribution is 2.36. The Morgan fingerprint density at radius 1 is 1.06 bits per heavy atom. The highest BCUT2D eigenvalue weighted by molar-refractivity contribution is 9.10. The molecule has 1 saturated carbocycles. The van der Waals surface area contributed by atoms with Gasteiger partial charge in [-0.2, -0.15) is 0 Å². The van der Waals surface area contributed by atoms with Gasteiger partial charge in [0.15, 0.2) is 0 Å². The van der Waals surface area contributed by atoms with Gasteiger partial charge in [0, 0.05) is 26.7 Å². The quantitative estimate of drug-likeness (QED) is 0.270. The van der Waals surface area contributed by atoms with Crippen molar-refractivity contribution in [2.24, 2.45) is 0 Å². The lowest BCUT2D eigenvalue weighted by Gasteiger charge is -2.25. The van der Waals surface area contributed by atoms with Crippen molar-refractivity contribution in [2.75, 3.05) is 0 Å². The van der Waals surface area contributed by atoms with E-state index in [-0.39, 0.29) is 5.56 Å². The largest absolute Gasteiger partial charge is 0.489 e. The van der Waals surface area contributed by atoms with E-state index in [1.54, 1.807) is 12.1 Å². The third-order valence-corrected chi connectivity index (χ3v) is 7.40. The molecule has 0 spiro atoms. The second-order valence-electron chi connectivity index (χ2n) is 8.65. The molecule has 1 aromatic heterocycles. The van der Waals surface area contributed by atoms with Gasteiger partial charge in [0.1, 0.15) is 18.2 Å². The number of imidazole rings is 1. The highest BCUT2D eigenvalue weighted by Gasteiger charge is 2.23. The number of carboxylic acid groups (broad SMARTS) is 1.